The Labute approximate surface area is 221 Å². The molecular formula is C28H35BrN2O5. The summed E-state index contributed by atoms with van der Waals surface area (Å²) in [6, 6.07) is 15.2. The van der Waals surface area contributed by atoms with E-state index in [0.29, 0.717) is 43.9 Å². The van der Waals surface area contributed by atoms with E-state index in [1.54, 1.807) is 0 Å². The molecule has 7 nitrogen and oxygen atoms in total. The molecule has 1 heterocycles. The van der Waals surface area contributed by atoms with E-state index in [1.807, 2.05) is 55.5 Å². The lowest BCUT2D eigenvalue weighted by atomic mass is 9.83. The van der Waals surface area contributed by atoms with Crippen LogP contribution in [0.5, 0.6) is 5.75 Å². The first kappa shape index (κ1) is 26.6. The monoisotopic (exact) mass is 558 g/mol. The van der Waals surface area contributed by atoms with Crippen molar-refractivity contribution in [2.75, 3.05) is 19.8 Å². The van der Waals surface area contributed by atoms with Crippen molar-refractivity contribution in [2.45, 2.75) is 69.1 Å². The molecule has 194 valence electrons. The third kappa shape index (κ3) is 6.28. The number of hydrogen-bond donors (Lipinski definition) is 3. The van der Waals surface area contributed by atoms with Gasteiger partial charge in [0.2, 0.25) is 5.90 Å². The molecule has 0 bridgehead atoms. The predicted octanol–water partition coefficient (Wildman–Crippen LogP) is 4.17. The number of carbonyl (C=O) groups excluding carboxylic acids is 1. The van der Waals surface area contributed by atoms with E-state index in [0.717, 1.165) is 34.9 Å². The third-order valence-electron chi connectivity index (χ3n) is 7.08. The van der Waals surface area contributed by atoms with Gasteiger partial charge < -0.3 is 25.0 Å². The van der Waals surface area contributed by atoms with E-state index in [9.17, 15) is 9.90 Å². The fourth-order valence-corrected chi connectivity index (χ4v) is 5.11. The summed E-state index contributed by atoms with van der Waals surface area (Å²) < 4.78 is 12.8. The second-order valence-corrected chi connectivity index (χ2v) is 10.7. The highest BCUT2D eigenvalue weighted by molar-refractivity contribution is 9.10. The number of ether oxygens (including phenoxy) is 2. The van der Waals surface area contributed by atoms with Crippen LogP contribution >= 0.6 is 15.9 Å². The van der Waals surface area contributed by atoms with Gasteiger partial charge in [-0.3, -0.25) is 4.79 Å². The Morgan fingerprint density at radius 3 is 2.50 bits per heavy atom. The number of carbonyl (C=O) groups is 1. The Kier molecular flexibility index (Phi) is 8.70. The zero-order chi connectivity index (χ0) is 25.6. The van der Waals surface area contributed by atoms with Crippen LogP contribution in [0.15, 0.2) is 58.0 Å². The van der Waals surface area contributed by atoms with Crippen LogP contribution in [0.1, 0.15) is 56.6 Å². The van der Waals surface area contributed by atoms with Crippen LogP contribution in [0.4, 0.5) is 0 Å². The Morgan fingerprint density at radius 2 is 1.83 bits per heavy atom. The van der Waals surface area contributed by atoms with E-state index in [2.05, 4.69) is 21.2 Å². The summed E-state index contributed by atoms with van der Waals surface area (Å²) in [5.41, 5.74) is -0.302. The maximum absolute atomic E-state index is 13.8. The van der Waals surface area contributed by atoms with Gasteiger partial charge in [-0.05, 0) is 61.7 Å². The minimum absolute atomic E-state index is 0.0839. The van der Waals surface area contributed by atoms with E-state index in [4.69, 9.17) is 19.6 Å². The first-order valence-corrected chi connectivity index (χ1v) is 13.5. The molecule has 4 rings (SSSR count). The molecule has 2 atom stereocenters. The van der Waals surface area contributed by atoms with Crippen molar-refractivity contribution < 1.29 is 24.5 Å². The molecule has 2 aromatic carbocycles. The molecule has 1 aliphatic carbocycles. The van der Waals surface area contributed by atoms with Gasteiger partial charge in [0, 0.05) is 36.0 Å². The number of hydrogen-bond acceptors (Lipinski definition) is 6. The van der Waals surface area contributed by atoms with Crippen molar-refractivity contribution >= 4 is 27.7 Å². The number of nitrogens with zero attached hydrogens (tertiary/aromatic N) is 1. The summed E-state index contributed by atoms with van der Waals surface area (Å²) >= 11 is 3.47. The molecule has 1 saturated carbocycles. The summed E-state index contributed by atoms with van der Waals surface area (Å²) in [6.45, 7) is 2.61. The summed E-state index contributed by atoms with van der Waals surface area (Å²) in [5, 5.41) is 22.9. The average Bonchev–Trinajstić information content (AvgIpc) is 3.22. The molecule has 3 N–H and O–H groups in total. The van der Waals surface area contributed by atoms with Crippen LogP contribution in [-0.4, -0.2) is 59.0 Å². The predicted molar refractivity (Wildman–Crippen MR) is 142 cm³/mol. The van der Waals surface area contributed by atoms with Crippen molar-refractivity contribution in [1.29, 1.82) is 0 Å². The maximum atomic E-state index is 13.8. The quantitative estimate of drug-likeness (QED) is 0.380. The number of aliphatic hydroxyl groups excluding tert-OH is 1. The number of benzene rings is 2. The van der Waals surface area contributed by atoms with Gasteiger partial charge in [0.15, 0.2) is 5.54 Å². The van der Waals surface area contributed by atoms with Crippen molar-refractivity contribution in [3.63, 3.8) is 0 Å². The minimum atomic E-state index is -1.16. The van der Waals surface area contributed by atoms with Gasteiger partial charge in [-0.15, -0.1) is 0 Å². The molecule has 1 fully saturated rings. The lowest BCUT2D eigenvalue weighted by Crippen LogP contribution is -2.55. The molecule has 2 aliphatic rings. The van der Waals surface area contributed by atoms with Crippen LogP contribution in [0.25, 0.3) is 0 Å². The van der Waals surface area contributed by atoms with Gasteiger partial charge in [-0.25, -0.2) is 4.99 Å². The normalized spacial score (nSPS) is 23.0. The second-order valence-electron chi connectivity index (χ2n) is 9.82. The topological polar surface area (TPSA) is 100 Å². The van der Waals surface area contributed by atoms with Crippen LogP contribution in [0.2, 0.25) is 0 Å². The highest BCUT2D eigenvalue weighted by Crippen LogP contribution is 2.34. The first-order chi connectivity index (χ1) is 17.3. The Morgan fingerprint density at radius 1 is 1.14 bits per heavy atom. The molecule has 0 spiro atoms. The van der Waals surface area contributed by atoms with Crippen molar-refractivity contribution in [3.8, 4) is 5.75 Å². The molecule has 1 aliphatic heterocycles. The zero-order valence-corrected chi connectivity index (χ0v) is 22.3. The molecule has 36 heavy (non-hydrogen) atoms. The number of nitrogens with one attached hydrogen (secondary N) is 1. The van der Waals surface area contributed by atoms with E-state index < -0.39 is 17.2 Å². The van der Waals surface area contributed by atoms with Crippen LogP contribution in [0, 0.1) is 0 Å². The molecular weight excluding hydrogens is 524 g/mol. The van der Waals surface area contributed by atoms with Crippen LogP contribution in [-0.2, 0) is 16.0 Å². The highest BCUT2D eigenvalue weighted by atomic mass is 79.9. The lowest BCUT2D eigenvalue weighted by molar-refractivity contribution is -0.130. The smallest absolute Gasteiger partial charge is 0.252 e. The van der Waals surface area contributed by atoms with Gasteiger partial charge in [0.25, 0.3) is 5.91 Å². The molecule has 2 aromatic rings. The summed E-state index contributed by atoms with van der Waals surface area (Å²) in [4.78, 5) is 18.6. The van der Waals surface area contributed by atoms with E-state index in [-0.39, 0.29) is 19.1 Å². The minimum Gasteiger partial charge on any atom is -0.494 e. The van der Waals surface area contributed by atoms with Crippen LogP contribution < -0.4 is 10.1 Å². The van der Waals surface area contributed by atoms with Crippen molar-refractivity contribution in [1.82, 2.24) is 5.32 Å². The Bertz CT molecular complexity index is 1050. The number of aliphatic hydroxyl groups is 2. The van der Waals surface area contributed by atoms with Crippen molar-refractivity contribution in [3.05, 3.63) is 64.1 Å². The third-order valence-corrected chi connectivity index (χ3v) is 7.61. The Hall–Kier alpha value is -2.42. The largest absolute Gasteiger partial charge is 0.494 e. The SMILES string of the molecule is C[C@H]1OC(c2ccc(OCCCO)cc2)=N[C@@]1(Cc1ccc(Br)cc1)C(=O)NCC1(O)CCCCC1. The number of halogens is 1. The van der Waals surface area contributed by atoms with Gasteiger partial charge in [0.1, 0.15) is 11.9 Å². The van der Waals surface area contributed by atoms with Gasteiger partial charge >= 0.3 is 0 Å². The standard InChI is InChI=1S/C28H35BrN2O5/c1-20-28(18-21-6-10-23(29)11-7-21,26(33)30-19-27(34)14-3-2-4-15-27)31-25(36-20)22-8-12-24(13-9-22)35-17-5-16-32/h6-13,20,32,34H,2-5,14-19H2,1H3,(H,30,33)/t20-,28-/m1/s1. The number of aliphatic imine (C=N–C) groups is 1. The number of amides is 1. The van der Waals surface area contributed by atoms with E-state index in [1.165, 1.54) is 0 Å². The zero-order valence-electron chi connectivity index (χ0n) is 20.7. The summed E-state index contributed by atoms with van der Waals surface area (Å²) in [6.07, 6.45) is 4.89. The fourth-order valence-electron chi connectivity index (χ4n) is 4.84. The fraction of sp³-hybridized carbons (Fsp3) is 0.500. The molecule has 0 aromatic heterocycles. The van der Waals surface area contributed by atoms with Gasteiger partial charge in [-0.1, -0.05) is 47.3 Å². The highest BCUT2D eigenvalue weighted by Gasteiger charge is 2.50. The molecule has 8 heteroatoms. The summed E-state index contributed by atoms with van der Waals surface area (Å²) in [5.74, 6) is 0.863. The van der Waals surface area contributed by atoms with Crippen LogP contribution in [0.3, 0.4) is 0 Å². The summed E-state index contributed by atoms with van der Waals surface area (Å²) in [7, 11) is 0. The van der Waals surface area contributed by atoms with Crippen molar-refractivity contribution in [2.24, 2.45) is 4.99 Å². The Balaban J connectivity index is 1.58. The molecule has 0 saturated heterocycles. The van der Waals surface area contributed by atoms with Gasteiger partial charge in [0.05, 0.1) is 12.2 Å². The second kappa shape index (κ2) is 11.8. The molecule has 0 unspecified atom stereocenters. The maximum Gasteiger partial charge on any atom is 0.252 e. The number of rotatable bonds is 10. The van der Waals surface area contributed by atoms with Gasteiger partial charge in [-0.2, -0.15) is 0 Å². The molecule has 1 amide bonds. The first-order valence-electron chi connectivity index (χ1n) is 12.7. The van der Waals surface area contributed by atoms with E-state index >= 15 is 0 Å². The molecule has 0 radical (unpaired) electrons. The lowest BCUT2D eigenvalue weighted by Gasteiger charge is -2.34. The average molecular weight is 560 g/mol.